The molecule has 6 nitrogen and oxygen atoms in total. The van der Waals surface area contributed by atoms with Gasteiger partial charge in [0.2, 0.25) is 5.91 Å². The molecular weight excluding hydrogens is 433 g/mol. The highest BCUT2D eigenvalue weighted by atomic mass is 35.5. The molecule has 0 saturated heterocycles. The summed E-state index contributed by atoms with van der Waals surface area (Å²) >= 11 is 6.89. The number of hydrogen-bond acceptors (Lipinski definition) is 5. The number of esters is 1. The molecule has 3 rings (SSSR count). The fraction of sp³-hybridized carbons (Fsp3) is 0.167. The van der Waals surface area contributed by atoms with Crippen LogP contribution in [-0.4, -0.2) is 30.1 Å². The Morgan fingerprint density at radius 1 is 1.21 bits per heavy atom. The van der Waals surface area contributed by atoms with E-state index in [1.807, 2.05) is 0 Å². The predicted molar refractivity (Wildman–Crippen MR) is 101 cm³/mol. The van der Waals surface area contributed by atoms with Crippen LogP contribution in [0.15, 0.2) is 41.3 Å². The first-order valence-electron chi connectivity index (χ1n) is 8.04. The summed E-state index contributed by atoms with van der Waals surface area (Å²) < 4.78 is 44.0. The van der Waals surface area contributed by atoms with Gasteiger partial charge in [0.05, 0.1) is 28.3 Å². The van der Waals surface area contributed by atoms with Crippen LogP contribution in [0.4, 0.5) is 24.5 Å². The molecule has 2 aromatic rings. The van der Waals surface area contributed by atoms with E-state index in [0.717, 1.165) is 11.0 Å². The van der Waals surface area contributed by atoms with Gasteiger partial charge in [-0.1, -0.05) is 11.6 Å². The third kappa shape index (κ3) is 5.21. The Kier molecular flexibility index (Phi) is 6.04. The third-order valence-corrected chi connectivity index (χ3v) is 5.05. The highest BCUT2D eigenvalue weighted by molar-refractivity contribution is 8.00. The van der Waals surface area contributed by atoms with Gasteiger partial charge in [-0.3, -0.25) is 9.59 Å². The highest BCUT2D eigenvalue weighted by Crippen LogP contribution is 2.36. The van der Waals surface area contributed by atoms with E-state index < -0.39 is 35.9 Å². The van der Waals surface area contributed by atoms with Gasteiger partial charge in [-0.25, -0.2) is 4.79 Å². The lowest BCUT2D eigenvalue weighted by atomic mass is 10.1. The lowest BCUT2D eigenvalue weighted by Crippen LogP contribution is -2.23. The largest absolute Gasteiger partial charge is 0.452 e. The van der Waals surface area contributed by atoms with E-state index in [1.165, 1.54) is 30.0 Å². The number of benzene rings is 2. The average molecular weight is 445 g/mol. The lowest BCUT2D eigenvalue weighted by Gasteiger charge is -2.17. The van der Waals surface area contributed by atoms with Crippen LogP contribution in [0.25, 0.3) is 0 Å². The second kappa shape index (κ2) is 8.34. The quantitative estimate of drug-likeness (QED) is 0.690. The first kappa shape index (κ1) is 21.0. The number of nitrogens with one attached hydrogen (secondary N) is 2. The van der Waals surface area contributed by atoms with Crippen molar-refractivity contribution in [3.63, 3.8) is 0 Å². The van der Waals surface area contributed by atoms with Crippen molar-refractivity contribution in [2.24, 2.45) is 0 Å². The van der Waals surface area contributed by atoms with Crippen molar-refractivity contribution >= 4 is 52.5 Å². The van der Waals surface area contributed by atoms with Gasteiger partial charge in [0.1, 0.15) is 0 Å². The van der Waals surface area contributed by atoms with Crippen LogP contribution in [0, 0.1) is 0 Å². The Labute approximate surface area is 171 Å². The number of ether oxygens (including phenoxy) is 1. The Morgan fingerprint density at radius 3 is 2.69 bits per heavy atom. The predicted octanol–water partition coefficient (Wildman–Crippen LogP) is 4.20. The Balaban J connectivity index is 1.64. The van der Waals surface area contributed by atoms with Crippen LogP contribution < -0.4 is 10.6 Å². The summed E-state index contributed by atoms with van der Waals surface area (Å²) in [5.41, 5.74) is -1.09. The van der Waals surface area contributed by atoms with Crippen LogP contribution in [0.5, 0.6) is 0 Å². The van der Waals surface area contributed by atoms with Crippen LogP contribution in [0.3, 0.4) is 0 Å². The summed E-state index contributed by atoms with van der Waals surface area (Å²) in [6.07, 6.45) is -4.73. The lowest BCUT2D eigenvalue weighted by molar-refractivity contribution is -0.137. The van der Waals surface area contributed by atoms with Crippen LogP contribution in [0.1, 0.15) is 15.9 Å². The minimum atomic E-state index is -4.73. The fourth-order valence-corrected chi connectivity index (χ4v) is 3.43. The van der Waals surface area contributed by atoms with Crippen molar-refractivity contribution in [3.05, 3.63) is 52.5 Å². The van der Waals surface area contributed by atoms with E-state index in [1.54, 1.807) is 6.07 Å². The molecule has 11 heteroatoms. The fourth-order valence-electron chi connectivity index (χ4n) is 2.47. The second-order valence-corrected chi connectivity index (χ2v) is 7.31. The summed E-state index contributed by atoms with van der Waals surface area (Å²) in [6.45, 7) is -0.795. The summed E-state index contributed by atoms with van der Waals surface area (Å²) in [6, 6.07) is 7.37. The summed E-state index contributed by atoms with van der Waals surface area (Å²) in [7, 11) is 0. The molecule has 2 amide bonds. The van der Waals surface area contributed by atoms with Crippen molar-refractivity contribution in [3.8, 4) is 0 Å². The summed E-state index contributed by atoms with van der Waals surface area (Å²) in [5, 5.41) is 4.53. The number of hydrogen-bond donors (Lipinski definition) is 2. The molecule has 1 aliphatic heterocycles. The normalized spacial score (nSPS) is 13.3. The van der Waals surface area contributed by atoms with Crippen molar-refractivity contribution in [2.45, 2.75) is 11.1 Å². The SMILES string of the molecule is O=C1CSc2ccc(C(=O)OCC(=O)Nc3ccc(Cl)cc3C(F)(F)F)cc2N1. The van der Waals surface area contributed by atoms with Crippen LogP contribution in [0.2, 0.25) is 5.02 Å². The summed E-state index contributed by atoms with van der Waals surface area (Å²) in [4.78, 5) is 36.3. The molecule has 2 aromatic carbocycles. The molecule has 0 unspecified atom stereocenters. The highest BCUT2D eigenvalue weighted by Gasteiger charge is 2.34. The first-order valence-corrected chi connectivity index (χ1v) is 9.40. The Bertz CT molecular complexity index is 998. The number of fused-ring (bicyclic) bond motifs is 1. The van der Waals surface area contributed by atoms with Gasteiger partial charge in [-0.15, -0.1) is 11.8 Å². The van der Waals surface area contributed by atoms with Crippen molar-refractivity contribution in [1.82, 2.24) is 0 Å². The van der Waals surface area contributed by atoms with E-state index in [4.69, 9.17) is 16.3 Å². The molecule has 29 heavy (non-hydrogen) atoms. The van der Waals surface area contributed by atoms with Gasteiger partial charge in [-0.05, 0) is 36.4 Å². The van der Waals surface area contributed by atoms with Crippen molar-refractivity contribution in [1.29, 1.82) is 0 Å². The Morgan fingerprint density at radius 2 is 1.97 bits per heavy atom. The minimum absolute atomic E-state index is 0.0850. The van der Waals surface area contributed by atoms with E-state index in [0.29, 0.717) is 11.8 Å². The molecule has 0 fully saturated rings. The van der Waals surface area contributed by atoms with E-state index in [9.17, 15) is 27.6 Å². The molecule has 1 heterocycles. The molecule has 0 spiro atoms. The Hall–Kier alpha value is -2.72. The topological polar surface area (TPSA) is 84.5 Å². The first-order chi connectivity index (χ1) is 13.6. The van der Waals surface area contributed by atoms with Gasteiger partial charge in [0.25, 0.3) is 5.91 Å². The standard InChI is InChI=1S/C18H12ClF3N2O4S/c19-10-2-3-12(11(6-10)18(20,21)22)23-15(25)7-28-17(27)9-1-4-14-13(5-9)24-16(26)8-29-14/h1-6H,7-8H2,(H,23,25)(H,24,26). The zero-order valence-corrected chi connectivity index (χ0v) is 16.0. The minimum Gasteiger partial charge on any atom is -0.452 e. The number of rotatable bonds is 4. The monoisotopic (exact) mass is 444 g/mol. The maximum atomic E-state index is 13.1. The van der Waals surface area contributed by atoms with Gasteiger partial charge in [0.15, 0.2) is 6.61 Å². The number of anilines is 2. The van der Waals surface area contributed by atoms with Gasteiger partial charge < -0.3 is 15.4 Å². The molecule has 0 saturated carbocycles. The zero-order chi connectivity index (χ0) is 21.2. The molecule has 0 bridgehead atoms. The molecule has 1 aliphatic rings. The number of amides is 2. The number of thioether (sulfide) groups is 1. The molecule has 0 radical (unpaired) electrons. The molecule has 0 aliphatic carbocycles. The molecule has 2 N–H and O–H groups in total. The van der Waals surface area contributed by atoms with E-state index >= 15 is 0 Å². The zero-order valence-electron chi connectivity index (χ0n) is 14.4. The molecular formula is C18H12ClF3N2O4S. The van der Waals surface area contributed by atoms with E-state index in [2.05, 4.69) is 10.6 Å². The van der Waals surface area contributed by atoms with Gasteiger partial charge in [0, 0.05) is 9.92 Å². The van der Waals surface area contributed by atoms with Crippen molar-refractivity contribution < 1.29 is 32.3 Å². The smallest absolute Gasteiger partial charge is 0.418 e. The summed E-state index contributed by atoms with van der Waals surface area (Å²) in [5.74, 6) is -1.76. The number of halogens is 4. The third-order valence-electron chi connectivity index (χ3n) is 3.74. The van der Waals surface area contributed by atoms with E-state index in [-0.39, 0.29) is 22.2 Å². The molecule has 0 atom stereocenters. The number of alkyl halides is 3. The number of carbonyl (C=O) groups excluding carboxylic acids is 3. The van der Waals surface area contributed by atoms with Crippen molar-refractivity contribution in [2.75, 3.05) is 23.0 Å². The molecule has 152 valence electrons. The maximum absolute atomic E-state index is 13.1. The van der Waals surface area contributed by atoms with Crippen LogP contribution in [-0.2, 0) is 20.5 Å². The average Bonchev–Trinajstić information content (AvgIpc) is 2.66. The maximum Gasteiger partial charge on any atom is 0.418 e. The number of carbonyl (C=O) groups is 3. The molecule has 0 aromatic heterocycles. The van der Waals surface area contributed by atoms with Gasteiger partial charge in [-0.2, -0.15) is 13.2 Å². The van der Waals surface area contributed by atoms with Gasteiger partial charge >= 0.3 is 12.1 Å². The second-order valence-electron chi connectivity index (χ2n) is 5.86. The van der Waals surface area contributed by atoms with Crippen LogP contribution >= 0.6 is 23.4 Å².